The fourth-order valence-corrected chi connectivity index (χ4v) is 3.99. The molecule has 1 N–H and O–H groups in total. The van der Waals surface area contributed by atoms with Crippen LogP contribution in [-0.2, 0) is 14.6 Å². The Morgan fingerprint density at radius 2 is 1.77 bits per heavy atom. The van der Waals surface area contributed by atoms with Crippen LogP contribution in [0.4, 0.5) is 11.5 Å². The van der Waals surface area contributed by atoms with Gasteiger partial charge in [-0.1, -0.05) is 0 Å². The minimum Gasteiger partial charge on any atom is -0.356 e. The molecule has 11 heteroatoms. The zero-order chi connectivity index (χ0) is 21.1. The Hall–Kier alpha value is -3.34. The summed E-state index contributed by atoms with van der Waals surface area (Å²) in [6.45, 7) is 1.39. The number of sulfone groups is 1. The van der Waals surface area contributed by atoms with Crippen molar-refractivity contribution in [3.63, 3.8) is 0 Å². The molecule has 30 heavy (non-hydrogen) atoms. The maximum absolute atomic E-state index is 12.6. The van der Waals surface area contributed by atoms with Crippen molar-refractivity contribution in [3.8, 4) is 5.82 Å². The lowest BCUT2D eigenvalue weighted by atomic mass is 9.96. The van der Waals surface area contributed by atoms with Gasteiger partial charge in [-0.2, -0.15) is 5.10 Å². The minimum absolute atomic E-state index is 0.0623. The Morgan fingerprint density at radius 3 is 2.40 bits per heavy atom. The summed E-state index contributed by atoms with van der Waals surface area (Å²) in [7, 11) is -3.26. The number of anilines is 2. The van der Waals surface area contributed by atoms with Crippen LogP contribution in [0.5, 0.6) is 0 Å². The third-order valence-corrected chi connectivity index (χ3v) is 6.16. The highest BCUT2D eigenvalue weighted by atomic mass is 32.2. The standard InChI is InChI=1S/C19H21N7O3S/c1-30(28,29)16-4-2-15(3-5-16)24-19(27)14-6-8-25(9-7-14)17-10-18(22-12-21-17)26-13-20-11-23-26/h2-5,10-14H,6-9H2,1H3,(H,24,27). The van der Waals surface area contributed by atoms with Crippen molar-refractivity contribution in [2.45, 2.75) is 17.7 Å². The Morgan fingerprint density at radius 1 is 1.07 bits per heavy atom. The lowest BCUT2D eigenvalue weighted by molar-refractivity contribution is -0.120. The lowest BCUT2D eigenvalue weighted by Gasteiger charge is -2.32. The first-order valence-corrected chi connectivity index (χ1v) is 11.3. The number of piperidine rings is 1. The largest absolute Gasteiger partial charge is 0.356 e. The predicted octanol–water partition coefficient (Wildman–Crippen LogP) is 1.32. The summed E-state index contributed by atoms with van der Waals surface area (Å²) in [6.07, 6.45) is 7.05. The van der Waals surface area contributed by atoms with E-state index >= 15 is 0 Å². The maximum atomic E-state index is 12.6. The third-order valence-electron chi connectivity index (χ3n) is 5.03. The minimum atomic E-state index is -3.26. The summed E-state index contributed by atoms with van der Waals surface area (Å²) in [6, 6.07) is 8.05. The summed E-state index contributed by atoms with van der Waals surface area (Å²) >= 11 is 0. The molecule has 0 saturated carbocycles. The number of amides is 1. The van der Waals surface area contributed by atoms with Crippen LogP contribution >= 0.6 is 0 Å². The molecule has 0 bridgehead atoms. The summed E-state index contributed by atoms with van der Waals surface area (Å²) in [5.41, 5.74) is 0.586. The van der Waals surface area contributed by atoms with E-state index in [1.165, 1.54) is 24.8 Å². The molecule has 0 spiro atoms. The highest BCUT2D eigenvalue weighted by Crippen LogP contribution is 2.24. The van der Waals surface area contributed by atoms with E-state index in [9.17, 15) is 13.2 Å². The van der Waals surface area contributed by atoms with E-state index in [0.29, 0.717) is 37.4 Å². The number of nitrogens with one attached hydrogen (secondary N) is 1. The van der Waals surface area contributed by atoms with E-state index in [0.717, 1.165) is 12.1 Å². The van der Waals surface area contributed by atoms with Crippen LogP contribution in [0.1, 0.15) is 12.8 Å². The molecule has 1 amide bonds. The van der Waals surface area contributed by atoms with E-state index in [2.05, 4.69) is 30.3 Å². The van der Waals surface area contributed by atoms with Gasteiger partial charge in [0.25, 0.3) is 0 Å². The van der Waals surface area contributed by atoms with Gasteiger partial charge in [-0.15, -0.1) is 0 Å². The molecule has 1 fully saturated rings. The second-order valence-corrected chi connectivity index (χ2v) is 9.14. The quantitative estimate of drug-likeness (QED) is 0.647. The van der Waals surface area contributed by atoms with Gasteiger partial charge in [-0.05, 0) is 37.1 Å². The van der Waals surface area contributed by atoms with Crippen molar-refractivity contribution in [1.29, 1.82) is 0 Å². The van der Waals surface area contributed by atoms with Gasteiger partial charge in [-0.3, -0.25) is 4.79 Å². The molecule has 10 nitrogen and oxygen atoms in total. The second-order valence-electron chi connectivity index (χ2n) is 7.12. The smallest absolute Gasteiger partial charge is 0.227 e. The highest BCUT2D eigenvalue weighted by Gasteiger charge is 2.26. The Bertz CT molecular complexity index is 1120. The Kier molecular flexibility index (Phi) is 5.44. The molecule has 0 radical (unpaired) electrons. The molecule has 1 aromatic carbocycles. The second kappa shape index (κ2) is 8.19. The normalized spacial score (nSPS) is 15.2. The van der Waals surface area contributed by atoms with E-state index in [1.54, 1.807) is 23.1 Å². The molecule has 2 aromatic heterocycles. The van der Waals surface area contributed by atoms with Crippen molar-refractivity contribution in [3.05, 3.63) is 49.3 Å². The van der Waals surface area contributed by atoms with Crippen LogP contribution in [-0.4, -0.2) is 58.4 Å². The topological polar surface area (TPSA) is 123 Å². The molecule has 0 atom stereocenters. The van der Waals surface area contributed by atoms with Crippen molar-refractivity contribution < 1.29 is 13.2 Å². The first kappa shape index (κ1) is 20.0. The van der Waals surface area contributed by atoms with Crippen molar-refractivity contribution in [1.82, 2.24) is 24.7 Å². The molecule has 0 aliphatic carbocycles. The summed E-state index contributed by atoms with van der Waals surface area (Å²) in [5.74, 6) is 1.24. The number of benzene rings is 1. The van der Waals surface area contributed by atoms with Gasteiger partial charge in [0, 0.05) is 37.0 Å². The van der Waals surface area contributed by atoms with E-state index in [4.69, 9.17) is 0 Å². The summed E-state index contributed by atoms with van der Waals surface area (Å²) < 4.78 is 24.7. The number of hydrogen-bond acceptors (Lipinski definition) is 8. The molecule has 3 heterocycles. The number of aromatic nitrogens is 5. The lowest BCUT2D eigenvalue weighted by Crippen LogP contribution is -2.38. The molecule has 156 valence electrons. The van der Waals surface area contributed by atoms with Gasteiger partial charge in [0.2, 0.25) is 5.91 Å². The first-order chi connectivity index (χ1) is 14.4. The predicted molar refractivity (Wildman–Crippen MR) is 110 cm³/mol. The Balaban J connectivity index is 1.35. The number of carbonyl (C=O) groups excluding carboxylic acids is 1. The Labute approximate surface area is 173 Å². The van der Waals surface area contributed by atoms with Crippen molar-refractivity contribution in [2.75, 3.05) is 29.6 Å². The van der Waals surface area contributed by atoms with Crippen LogP contribution in [0.3, 0.4) is 0 Å². The van der Waals surface area contributed by atoms with E-state index in [1.807, 2.05) is 6.07 Å². The number of carbonyl (C=O) groups is 1. The maximum Gasteiger partial charge on any atom is 0.227 e. The van der Waals surface area contributed by atoms with E-state index < -0.39 is 9.84 Å². The van der Waals surface area contributed by atoms with E-state index in [-0.39, 0.29) is 16.7 Å². The molecule has 0 unspecified atom stereocenters. The molecule has 1 aliphatic rings. The summed E-state index contributed by atoms with van der Waals surface area (Å²) in [4.78, 5) is 27.4. The number of hydrogen-bond donors (Lipinski definition) is 1. The van der Waals surface area contributed by atoms with Gasteiger partial charge in [0.05, 0.1) is 4.90 Å². The van der Waals surface area contributed by atoms with Crippen LogP contribution in [0.25, 0.3) is 5.82 Å². The molecule has 3 aromatic rings. The van der Waals surface area contributed by atoms with Crippen molar-refractivity contribution >= 4 is 27.2 Å². The van der Waals surface area contributed by atoms with Gasteiger partial charge in [0.1, 0.15) is 24.8 Å². The van der Waals surface area contributed by atoms with Crippen LogP contribution < -0.4 is 10.2 Å². The zero-order valence-corrected chi connectivity index (χ0v) is 17.2. The van der Waals surface area contributed by atoms with Crippen LogP contribution in [0, 0.1) is 5.92 Å². The molecular formula is C19H21N7O3S. The van der Waals surface area contributed by atoms with Gasteiger partial charge >= 0.3 is 0 Å². The zero-order valence-electron chi connectivity index (χ0n) is 16.3. The SMILES string of the molecule is CS(=O)(=O)c1ccc(NC(=O)C2CCN(c3cc(-n4cncn4)ncn3)CC2)cc1. The molecule has 4 rings (SSSR count). The fourth-order valence-electron chi connectivity index (χ4n) is 3.36. The van der Waals surface area contributed by atoms with Crippen molar-refractivity contribution in [2.24, 2.45) is 5.92 Å². The van der Waals surface area contributed by atoms with Gasteiger partial charge < -0.3 is 10.2 Å². The monoisotopic (exact) mass is 427 g/mol. The highest BCUT2D eigenvalue weighted by molar-refractivity contribution is 7.90. The van der Waals surface area contributed by atoms with Crippen LogP contribution in [0.15, 0.2) is 54.2 Å². The average molecular weight is 427 g/mol. The molecular weight excluding hydrogens is 406 g/mol. The average Bonchev–Trinajstić information content (AvgIpc) is 3.29. The van der Waals surface area contributed by atoms with Gasteiger partial charge in [-0.25, -0.2) is 28.1 Å². The third kappa shape index (κ3) is 4.46. The number of rotatable bonds is 5. The first-order valence-electron chi connectivity index (χ1n) is 9.43. The summed E-state index contributed by atoms with van der Waals surface area (Å²) in [5, 5.41) is 6.95. The fraction of sp³-hybridized carbons (Fsp3) is 0.316. The number of nitrogens with zero attached hydrogens (tertiary/aromatic N) is 6. The van der Waals surface area contributed by atoms with Gasteiger partial charge in [0.15, 0.2) is 15.7 Å². The molecule has 1 aliphatic heterocycles. The molecule has 1 saturated heterocycles. The van der Waals surface area contributed by atoms with Crippen LogP contribution in [0.2, 0.25) is 0 Å².